The van der Waals surface area contributed by atoms with Crippen molar-refractivity contribution in [2.24, 2.45) is 0 Å². The number of fused-ring (bicyclic) bond motifs is 1. The van der Waals surface area contributed by atoms with E-state index in [0.717, 1.165) is 25.9 Å². The van der Waals surface area contributed by atoms with E-state index < -0.39 is 5.97 Å². The van der Waals surface area contributed by atoms with E-state index >= 15 is 0 Å². The molecule has 21 heavy (non-hydrogen) atoms. The van der Waals surface area contributed by atoms with Crippen molar-refractivity contribution in [3.05, 3.63) is 56.8 Å². The molecule has 0 fully saturated rings. The fourth-order valence-electron chi connectivity index (χ4n) is 2.05. The zero-order valence-electron chi connectivity index (χ0n) is 10.8. The van der Waals surface area contributed by atoms with E-state index in [-0.39, 0.29) is 0 Å². The number of carbonyl (C=O) groups is 1. The van der Waals surface area contributed by atoms with Crippen molar-refractivity contribution in [1.82, 2.24) is 4.98 Å². The van der Waals surface area contributed by atoms with Gasteiger partial charge in [-0.2, -0.15) is 0 Å². The van der Waals surface area contributed by atoms with Crippen LogP contribution in [-0.4, -0.2) is 16.1 Å². The Labute approximate surface area is 133 Å². The van der Waals surface area contributed by atoms with E-state index in [1.54, 1.807) is 12.3 Å². The number of benzene rings is 1. The highest BCUT2D eigenvalue weighted by atomic mass is 79.9. The van der Waals surface area contributed by atoms with Gasteiger partial charge in [0.05, 0.1) is 11.2 Å². The molecule has 2 aromatic heterocycles. The van der Waals surface area contributed by atoms with E-state index in [0.29, 0.717) is 11.4 Å². The highest BCUT2D eigenvalue weighted by Gasteiger charge is 2.07. The predicted molar refractivity (Wildman–Crippen MR) is 88.0 cm³/mol. The van der Waals surface area contributed by atoms with Gasteiger partial charge in [0, 0.05) is 27.5 Å². The summed E-state index contributed by atoms with van der Waals surface area (Å²) in [6.45, 7) is 0.578. The summed E-state index contributed by atoms with van der Waals surface area (Å²) in [5.74, 6) is -0.886. The Morgan fingerprint density at radius 2 is 2.19 bits per heavy atom. The minimum atomic E-state index is -0.886. The number of halogens is 1. The largest absolute Gasteiger partial charge is 0.477 e. The fourth-order valence-corrected chi connectivity index (χ4v) is 3.18. The van der Waals surface area contributed by atoms with Crippen LogP contribution >= 0.6 is 27.3 Å². The lowest BCUT2D eigenvalue weighted by atomic mass is 10.2. The summed E-state index contributed by atoms with van der Waals surface area (Å²) in [6, 6.07) is 11.4. The van der Waals surface area contributed by atoms with Gasteiger partial charge in [0.2, 0.25) is 0 Å². The van der Waals surface area contributed by atoms with Crippen LogP contribution < -0.4 is 5.32 Å². The summed E-state index contributed by atoms with van der Waals surface area (Å²) in [5.41, 5.74) is 1.83. The number of carboxylic acid groups (broad SMARTS) is 1. The molecule has 0 radical (unpaired) electrons. The number of pyridine rings is 1. The van der Waals surface area contributed by atoms with Gasteiger partial charge in [0.1, 0.15) is 4.88 Å². The molecule has 2 N–H and O–H groups in total. The van der Waals surface area contributed by atoms with Gasteiger partial charge in [-0.15, -0.1) is 11.3 Å². The Morgan fingerprint density at radius 3 is 2.95 bits per heavy atom. The lowest BCUT2D eigenvalue weighted by Gasteiger charge is -2.08. The summed E-state index contributed by atoms with van der Waals surface area (Å²) in [4.78, 5) is 16.6. The Morgan fingerprint density at radius 1 is 1.33 bits per heavy atom. The standard InChI is InChI=1S/C15H11BrN2O2S/c16-10-6-9-2-1-3-12(14(9)18-7-10)17-8-11-4-5-13(21-11)15(19)20/h1-7,17H,8H2,(H,19,20). The van der Waals surface area contributed by atoms with Crippen molar-refractivity contribution in [2.45, 2.75) is 6.54 Å². The van der Waals surface area contributed by atoms with Crippen molar-refractivity contribution in [2.75, 3.05) is 5.32 Å². The first kappa shape index (κ1) is 14.0. The predicted octanol–water partition coefficient (Wildman–Crippen LogP) is 4.37. The van der Waals surface area contributed by atoms with Gasteiger partial charge >= 0.3 is 5.97 Å². The number of thiophene rings is 1. The van der Waals surface area contributed by atoms with E-state index in [1.165, 1.54) is 11.3 Å². The first-order chi connectivity index (χ1) is 10.1. The number of nitrogens with one attached hydrogen (secondary N) is 1. The van der Waals surface area contributed by atoms with Crippen LogP contribution in [0.3, 0.4) is 0 Å². The normalized spacial score (nSPS) is 10.7. The van der Waals surface area contributed by atoms with E-state index in [4.69, 9.17) is 5.11 Å². The van der Waals surface area contributed by atoms with Crippen molar-refractivity contribution >= 4 is 49.8 Å². The van der Waals surface area contributed by atoms with Crippen LogP contribution in [0.5, 0.6) is 0 Å². The molecule has 0 aliphatic rings. The van der Waals surface area contributed by atoms with Crippen LogP contribution in [0.4, 0.5) is 5.69 Å². The third-order valence-corrected chi connectivity index (χ3v) is 4.51. The molecule has 106 valence electrons. The molecule has 0 aliphatic carbocycles. The second-order valence-corrected chi connectivity index (χ2v) is 6.54. The van der Waals surface area contributed by atoms with Gasteiger partial charge in [-0.1, -0.05) is 12.1 Å². The molecule has 0 amide bonds. The number of rotatable bonds is 4. The third-order valence-electron chi connectivity index (χ3n) is 3.00. The second-order valence-electron chi connectivity index (χ2n) is 4.46. The SMILES string of the molecule is O=C(O)c1ccc(CNc2cccc3cc(Br)cnc23)s1. The van der Waals surface area contributed by atoms with Gasteiger partial charge in [-0.3, -0.25) is 4.98 Å². The van der Waals surface area contributed by atoms with Crippen LogP contribution in [0.2, 0.25) is 0 Å². The van der Waals surface area contributed by atoms with Crippen LogP contribution in [0.25, 0.3) is 10.9 Å². The Hall–Kier alpha value is -1.92. The zero-order chi connectivity index (χ0) is 14.8. The number of hydrogen-bond donors (Lipinski definition) is 2. The highest BCUT2D eigenvalue weighted by molar-refractivity contribution is 9.10. The van der Waals surface area contributed by atoms with Crippen LogP contribution in [0.1, 0.15) is 14.5 Å². The summed E-state index contributed by atoms with van der Waals surface area (Å²) >= 11 is 4.69. The molecule has 0 atom stereocenters. The molecule has 6 heteroatoms. The maximum absolute atomic E-state index is 10.9. The summed E-state index contributed by atoms with van der Waals surface area (Å²) in [5, 5.41) is 13.3. The smallest absolute Gasteiger partial charge is 0.345 e. The molecule has 3 rings (SSSR count). The molecule has 2 heterocycles. The molecule has 0 saturated heterocycles. The average Bonchev–Trinajstić information content (AvgIpc) is 2.93. The lowest BCUT2D eigenvalue weighted by Crippen LogP contribution is -1.99. The zero-order valence-corrected chi connectivity index (χ0v) is 13.2. The molecule has 0 saturated carbocycles. The summed E-state index contributed by atoms with van der Waals surface area (Å²) in [6.07, 6.45) is 1.77. The van der Waals surface area contributed by atoms with E-state index in [2.05, 4.69) is 26.2 Å². The van der Waals surface area contributed by atoms with Gasteiger partial charge in [0.25, 0.3) is 0 Å². The Kier molecular flexibility index (Phi) is 3.90. The third kappa shape index (κ3) is 3.06. The number of para-hydroxylation sites is 1. The number of hydrogen-bond acceptors (Lipinski definition) is 4. The van der Waals surface area contributed by atoms with Gasteiger partial charge in [-0.25, -0.2) is 4.79 Å². The maximum atomic E-state index is 10.9. The van der Waals surface area contributed by atoms with E-state index in [9.17, 15) is 4.79 Å². The number of aromatic nitrogens is 1. The Balaban J connectivity index is 1.83. The fraction of sp³-hybridized carbons (Fsp3) is 0.0667. The average molecular weight is 363 g/mol. The van der Waals surface area contributed by atoms with Crippen LogP contribution in [-0.2, 0) is 6.54 Å². The Bertz CT molecular complexity index is 816. The number of nitrogens with zero attached hydrogens (tertiary/aromatic N) is 1. The van der Waals surface area contributed by atoms with Crippen molar-refractivity contribution in [3.63, 3.8) is 0 Å². The minimum absolute atomic E-state index is 0.353. The van der Waals surface area contributed by atoms with Crippen LogP contribution in [0, 0.1) is 0 Å². The van der Waals surface area contributed by atoms with Crippen molar-refractivity contribution in [1.29, 1.82) is 0 Å². The quantitative estimate of drug-likeness (QED) is 0.723. The van der Waals surface area contributed by atoms with Gasteiger partial charge in [0.15, 0.2) is 0 Å². The molecule has 3 aromatic rings. The number of anilines is 1. The second kappa shape index (κ2) is 5.83. The van der Waals surface area contributed by atoms with Crippen molar-refractivity contribution in [3.8, 4) is 0 Å². The number of carboxylic acids is 1. The lowest BCUT2D eigenvalue weighted by molar-refractivity contribution is 0.0702. The molecule has 0 aliphatic heterocycles. The molecule has 0 bridgehead atoms. The topological polar surface area (TPSA) is 62.2 Å². The molecule has 1 aromatic carbocycles. The molecule has 0 spiro atoms. The minimum Gasteiger partial charge on any atom is -0.477 e. The maximum Gasteiger partial charge on any atom is 0.345 e. The molecular weight excluding hydrogens is 352 g/mol. The first-order valence-corrected chi connectivity index (χ1v) is 7.84. The van der Waals surface area contributed by atoms with Gasteiger partial charge < -0.3 is 10.4 Å². The monoisotopic (exact) mass is 362 g/mol. The summed E-state index contributed by atoms with van der Waals surface area (Å²) in [7, 11) is 0. The van der Waals surface area contributed by atoms with Crippen LogP contribution in [0.15, 0.2) is 47.1 Å². The van der Waals surface area contributed by atoms with Crippen molar-refractivity contribution < 1.29 is 9.90 Å². The number of aromatic carboxylic acids is 1. The molecule has 4 nitrogen and oxygen atoms in total. The molecular formula is C15H11BrN2O2S. The molecule has 0 unspecified atom stereocenters. The van der Waals surface area contributed by atoms with Gasteiger partial charge in [-0.05, 0) is 40.2 Å². The first-order valence-electron chi connectivity index (χ1n) is 6.23. The summed E-state index contributed by atoms with van der Waals surface area (Å²) < 4.78 is 0.941. The van der Waals surface area contributed by atoms with E-state index in [1.807, 2.05) is 30.3 Å². The highest BCUT2D eigenvalue weighted by Crippen LogP contribution is 2.25.